The third-order valence-electron chi connectivity index (χ3n) is 3.37. The highest BCUT2D eigenvalue weighted by Gasteiger charge is 2.07. The fourth-order valence-corrected chi connectivity index (χ4v) is 3.86. The summed E-state index contributed by atoms with van der Waals surface area (Å²) in [5, 5.41) is 9.52. The molecule has 3 aromatic rings. The summed E-state index contributed by atoms with van der Waals surface area (Å²) >= 11 is 9.23. The minimum atomic E-state index is 0.564. The van der Waals surface area contributed by atoms with Crippen LogP contribution in [0.25, 0.3) is 11.3 Å². The Morgan fingerprint density at radius 2 is 2.00 bits per heavy atom. The first-order valence-electron chi connectivity index (χ1n) is 7.35. The molecule has 0 aliphatic carbocycles. The standard InChI is InChI=1S/C18H16ClN3S2/c1-3-9-20-18-22(21-11-17-13(2)8-10-23-17)16(12-24-18)14-4-6-15(19)7-5-14/h3-8,10-12H,1,9H2,2H3. The first-order chi connectivity index (χ1) is 11.7. The number of hydrogen-bond donors (Lipinski definition) is 0. The van der Waals surface area contributed by atoms with Crippen molar-refractivity contribution < 1.29 is 0 Å². The fraction of sp³-hybridized carbons (Fsp3) is 0.111. The molecule has 0 aliphatic heterocycles. The maximum absolute atomic E-state index is 6.00. The van der Waals surface area contributed by atoms with Crippen molar-refractivity contribution in [1.29, 1.82) is 0 Å². The Kier molecular flexibility index (Phi) is 5.45. The number of halogens is 1. The Balaban J connectivity index is 2.08. The van der Waals surface area contributed by atoms with Crippen molar-refractivity contribution in [2.75, 3.05) is 6.54 Å². The average Bonchev–Trinajstić information content (AvgIpc) is 3.17. The molecule has 0 amide bonds. The number of benzene rings is 1. The first-order valence-corrected chi connectivity index (χ1v) is 9.49. The Bertz CT molecular complexity index is 930. The van der Waals surface area contributed by atoms with Gasteiger partial charge in [-0.15, -0.1) is 29.3 Å². The van der Waals surface area contributed by atoms with Crippen LogP contribution in [0.4, 0.5) is 0 Å². The second kappa shape index (κ2) is 7.75. The van der Waals surface area contributed by atoms with E-state index in [1.54, 1.807) is 28.7 Å². The lowest BCUT2D eigenvalue weighted by atomic mass is 10.2. The van der Waals surface area contributed by atoms with Gasteiger partial charge in [-0.05, 0) is 36.1 Å². The summed E-state index contributed by atoms with van der Waals surface area (Å²) in [5.41, 5.74) is 3.26. The van der Waals surface area contributed by atoms with Crippen LogP contribution in [0.3, 0.4) is 0 Å². The molecule has 0 radical (unpaired) electrons. The lowest BCUT2D eigenvalue weighted by molar-refractivity contribution is 0.840. The van der Waals surface area contributed by atoms with Crippen LogP contribution in [0.1, 0.15) is 10.4 Å². The largest absolute Gasteiger partial charge is 0.253 e. The van der Waals surface area contributed by atoms with Crippen LogP contribution >= 0.6 is 34.3 Å². The molecule has 1 aromatic carbocycles. The van der Waals surface area contributed by atoms with Crippen LogP contribution in [0, 0.1) is 6.92 Å². The van der Waals surface area contributed by atoms with Crippen molar-refractivity contribution >= 4 is 40.5 Å². The van der Waals surface area contributed by atoms with E-state index in [-0.39, 0.29) is 0 Å². The van der Waals surface area contributed by atoms with Crippen molar-refractivity contribution in [3.05, 3.63) is 74.0 Å². The normalized spacial score (nSPS) is 12.2. The van der Waals surface area contributed by atoms with Gasteiger partial charge in [0.05, 0.1) is 23.3 Å². The highest BCUT2D eigenvalue weighted by molar-refractivity contribution is 7.11. The molecule has 2 heterocycles. The van der Waals surface area contributed by atoms with Gasteiger partial charge in [-0.1, -0.05) is 29.8 Å². The van der Waals surface area contributed by atoms with Gasteiger partial charge < -0.3 is 0 Å². The fourth-order valence-electron chi connectivity index (χ4n) is 2.11. The van der Waals surface area contributed by atoms with E-state index in [2.05, 4.69) is 40.4 Å². The summed E-state index contributed by atoms with van der Waals surface area (Å²) < 4.78 is 1.87. The van der Waals surface area contributed by atoms with Gasteiger partial charge in [-0.25, -0.2) is 4.68 Å². The van der Waals surface area contributed by atoms with E-state index in [4.69, 9.17) is 11.6 Å². The number of thiazole rings is 1. The molecule has 3 nitrogen and oxygen atoms in total. The van der Waals surface area contributed by atoms with Gasteiger partial charge in [0.1, 0.15) is 0 Å². The van der Waals surface area contributed by atoms with Crippen LogP contribution in [0.5, 0.6) is 0 Å². The van der Waals surface area contributed by atoms with E-state index in [0.29, 0.717) is 6.54 Å². The first kappa shape index (κ1) is 16.9. The molecule has 0 saturated heterocycles. The van der Waals surface area contributed by atoms with Gasteiger partial charge in [0.15, 0.2) is 0 Å². The van der Waals surface area contributed by atoms with E-state index in [9.17, 15) is 0 Å². The second-order valence-electron chi connectivity index (χ2n) is 5.06. The molecule has 0 unspecified atom stereocenters. The molecule has 2 aromatic heterocycles. The van der Waals surface area contributed by atoms with E-state index >= 15 is 0 Å². The smallest absolute Gasteiger partial charge is 0.206 e. The quantitative estimate of drug-likeness (QED) is 0.434. The Morgan fingerprint density at radius 1 is 1.21 bits per heavy atom. The molecular weight excluding hydrogens is 358 g/mol. The van der Waals surface area contributed by atoms with Crippen molar-refractivity contribution in [3.63, 3.8) is 0 Å². The minimum Gasteiger partial charge on any atom is -0.253 e. The van der Waals surface area contributed by atoms with E-state index in [1.165, 1.54) is 5.56 Å². The molecule has 6 heteroatoms. The summed E-state index contributed by atoms with van der Waals surface area (Å²) in [6, 6.07) is 9.83. The topological polar surface area (TPSA) is 29.6 Å². The van der Waals surface area contributed by atoms with E-state index in [0.717, 1.165) is 26.0 Å². The predicted molar refractivity (Wildman–Crippen MR) is 105 cm³/mol. The maximum atomic E-state index is 6.00. The number of aromatic nitrogens is 1. The lowest BCUT2D eigenvalue weighted by Crippen LogP contribution is -2.12. The summed E-state index contributed by atoms with van der Waals surface area (Å²) in [4.78, 5) is 6.52. The van der Waals surface area contributed by atoms with Crippen molar-refractivity contribution in [3.8, 4) is 11.3 Å². The molecule has 0 fully saturated rings. The molecule has 24 heavy (non-hydrogen) atoms. The highest BCUT2D eigenvalue weighted by Crippen LogP contribution is 2.22. The Morgan fingerprint density at radius 3 is 2.67 bits per heavy atom. The average molecular weight is 374 g/mol. The summed E-state index contributed by atoms with van der Waals surface area (Å²) in [7, 11) is 0. The summed E-state index contributed by atoms with van der Waals surface area (Å²) in [6.45, 7) is 6.37. The number of rotatable bonds is 5. The molecule has 0 N–H and O–H groups in total. The van der Waals surface area contributed by atoms with Crippen LogP contribution < -0.4 is 4.80 Å². The van der Waals surface area contributed by atoms with Crippen LogP contribution in [-0.2, 0) is 0 Å². The Hall–Kier alpha value is -1.95. The zero-order valence-electron chi connectivity index (χ0n) is 13.1. The summed E-state index contributed by atoms with van der Waals surface area (Å²) in [6.07, 6.45) is 3.66. The minimum absolute atomic E-state index is 0.564. The molecule has 0 bridgehead atoms. The van der Waals surface area contributed by atoms with Gasteiger partial charge in [0.2, 0.25) is 4.80 Å². The van der Waals surface area contributed by atoms with Gasteiger partial charge in [-0.3, -0.25) is 4.99 Å². The van der Waals surface area contributed by atoms with Gasteiger partial charge in [0, 0.05) is 16.0 Å². The molecule has 0 aliphatic rings. The van der Waals surface area contributed by atoms with E-state index < -0.39 is 0 Å². The number of hydrogen-bond acceptors (Lipinski definition) is 4. The zero-order valence-corrected chi connectivity index (χ0v) is 15.5. The molecule has 122 valence electrons. The highest BCUT2D eigenvalue weighted by atomic mass is 35.5. The van der Waals surface area contributed by atoms with Gasteiger partial charge in [-0.2, -0.15) is 5.10 Å². The lowest BCUT2D eigenvalue weighted by Gasteiger charge is -2.03. The SMILES string of the molecule is C=CCN=c1scc(-c2ccc(Cl)cc2)n1N=Cc1sccc1C. The van der Waals surface area contributed by atoms with Crippen LogP contribution in [-0.4, -0.2) is 17.4 Å². The summed E-state index contributed by atoms with van der Waals surface area (Å²) in [5.74, 6) is 0. The molecule has 0 spiro atoms. The maximum Gasteiger partial charge on any atom is 0.206 e. The number of thiophene rings is 1. The van der Waals surface area contributed by atoms with Crippen molar-refractivity contribution in [1.82, 2.24) is 4.68 Å². The van der Waals surface area contributed by atoms with Crippen molar-refractivity contribution in [2.24, 2.45) is 10.1 Å². The number of nitrogens with zero attached hydrogens (tertiary/aromatic N) is 3. The third kappa shape index (κ3) is 3.75. The number of aryl methyl sites for hydroxylation is 1. The molecule has 0 saturated carbocycles. The molecular formula is C18H16ClN3S2. The molecule has 0 atom stereocenters. The predicted octanol–water partition coefficient (Wildman–Crippen LogP) is 5.21. The van der Waals surface area contributed by atoms with Crippen LogP contribution in [0.2, 0.25) is 5.02 Å². The monoisotopic (exact) mass is 373 g/mol. The van der Waals surface area contributed by atoms with E-state index in [1.807, 2.05) is 35.2 Å². The second-order valence-corrected chi connectivity index (χ2v) is 7.28. The zero-order chi connectivity index (χ0) is 16.9. The molecule has 3 rings (SSSR count). The Labute approximate surface area is 153 Å². The third-order valence-corrected chi connectivity index (χ3v) is 5.43. The van der Waals surface area contributed by atoms with Crippen LogP contribution in [0.15, 0.2) is 63.8 Å². The van der Waals surface area contributed by atoms with Crippen molar-refractivity contribution in [2.45, 2.75) is 6.92 Å². The van der Waals surface area contributed by atoms with Gasteiger partial charge in [0.25, 0.3) is 0 Å². The van der Waals surface area contributed by atoms with Gasteiger partial charge >= 0.3 is 0 Å².